The van der Waals surface area contributed by atoms with E-state index in [0.29, 0.717) is 31.4 Å². The Morgan fingerprint density at radius 1 is 1.21 bits per heavy atom. The van der Waals surface area contributed by atoms with Crippen molar-refractivity contribution in [3.63, 3.8) is 0 Å². The number of sulfonamides is 1. The molecule has 3 rings (SSSR count). The fourth-order valence-corrected chi connectivity index (χ4v) is 4.93. The molecule has 1 aromatic rings. The van der Waals surface area contributed by atoms with Crippen molar-refractivity contribution < 1.29 is 27.5 Å². The molecule has 1 saturated carbocycles. The summed E-state index contributed by atoms with van der Waals surface area (Å²) < 4.78 is 37.9. The molecular weight excluding hydrogens is 396 g/mol. The lowest BCUT2D eigenvalue weighted by atomic mass is 10.2. The highest BCUT2D eigenvalue weighted by molar-refractivity contribution is 7.89. The van der Waals surface area contributed by atoms with Crippen molar-refractivity contribution in [1.29, 1.82) is 0 Å². The maximum absolute atomic E-state index is 12.9. The van der Waals surface area contributed by atoms with Gasteiger partial charge in [-0.25, -0.2) is 8.42 Å². The SMILES string of the molecule is CCOc1ccc(S(=O)(=O)N2CCCCC2)cc1NC(=O)COC(=O)[C@H]1C[C@@H]1C. The van der Waals surface area contributed by atoms with E-state index in [-0.39, 0.29) is 22.5 Å². The Labute approximate surface area is 171 Å². The zero-order valence-electron chi connectivity index (χ0n) is 16.8. The molecule has 1 saturated heterocycles. The van der Waals surface area contributed by atoms with Crippen LogP contribution in [0.2, 0.25) is 0 Å². The molecule has 0 aromatic heterocycles. The molecule has 1 aliphatic carbocycles. The number of anilines is 1. The Kier molecular flexibility index (Phi) is 6.79. The predicted octanol–water partition coefficient (Wildman–Crippen LogP) is 2.40. The number of esters is 1. The van der Waals surface area contributed by atoms with Gasteiger partial charge in [0.25, 0.3) is 5.91 Å². The highest BCUT2D eigenvalue weighted by Crippen LogP contribution is 2.38. The number of rotatable bonds is 8. The van der Waals surface area contributed by atoms with E-state index in [9.17, 15) is 18.0 Å². The normalized spacial score (nSPS) is 22.0. The lowest BCUT2D eigenvalue weighted by Gasteiger charge is -2.26. The molecule has 0 spiro atoms. The monoisotopic (exact) mass is 424 g/mol. The molecule has 0 bridgehead atoms. The van der Waals surface area contributed by atoms with Crippen molar-refractivity contribution in [3.8, 4) is 5.75 Å². The molecule has 1 heterocycles. The standard InChI is InChI=1S/C20H28N2O6S/c1-3-27-18-8-7-15(29(25,26)22-9-5-4-6-10-22)12-17(18)21-19(23)13-28-20(24)16-11-14(16)2/h7-8,12,14,16H,3-6,9-11,13H2,1-2H3,(H,21,23)/t14-,16-/m0/s1. The second-order valence-electron chi connectivity index (χ2n) is 7.53. The summed E-state index contributed by atoms with van der Waals surface area (Å²) in [6.07, 6.45) is 3.48. The number of carbonyl (C=O) groups excluding carboxylic acids is 2. The van der Waals surface area contributed by atoms with Crippen LogP contribution in [0, 0.1) is 11.8 Å². The summed E-state index contributed by atoms with van der Waals surface area (Å²) in [7, 11) is -3.65. The quantitative estimate of drug-likeness (QED) is 0.643. The van der Waals surface area contributed by atoms with Gasteiger partial charge in [-0.15, -0.1) is 0 Å². The van der Waals surface area contributed by atoms with Gasteiger partial charge in [0.15, 0.2) is 6.61 Å². The first-order valence-electron chi connectivity index (χ1n) is 10.1. The van der Waals surface area contributed by atoms with Gasteiger partial charge in [0.05, 0.1) is 23.1 Å². The van der Waals surface area contributed by atoms with E-state index in [0.717, 1.165) is 25.7 Å². The molecule has 8 nitrogen and oxygen atoms in total. The maximum atomic E-state index is 12.9. The molecule has 160 valence electrons. The first-order chi connectivity index (χ1) is 13.8. The lowest BCUT2D eigenvalue weighted by Crippen LogP contribution is -2.35. The summed E-state index contributed by atoms with van der Waals surface area (Å²) in [4.78, 5) is 24.1. The van der Waals surface area contributed by atoms with Gasteiger partial charge in [0, 0.05) is 13.1 Å². The van der Waals surface area contributed by atoms with Crippen LogP contribution in [0.4, 0.5) is 5.69 Å². The average Bonchev–Trinajstić information content (AvgIpc) is 3.45. The molecule has 1 aromatic carbocycles. The van der Waals surface area contributed by atoms with Gasteiger partial charge >= 0.3 is 5.97 Å². The number of hydrogen-bond donors (Lipinski definition) is 1. The molecular formula is C20H28N2O6S. The molecule has 2 fully saturated rings. The minimum Gasteiger partial charge on any atom is -0.492 e. The smallest absolute Gasteiger partial charge is 0.309 e. The van der Waals surface area contributed by atoms with Crippen molar-refractivity contribution >= 4 is 27.6 Å². The maximum Gasteiger partial charge on any atom is 0.309 e. The largest absolute Gasteiger partial charge is 0.492 e. The second kappa shape index (κ2) is 9.13. The third-order valence-corrected chi connectivity index (χ3v) is 7.13. The number of ether oxygens (including phenoxy) is 2. The van der Waals surface area contributed by atoms with Crippen LogP contribution in [0.25, 0.3) is 0 Å². The molecule has 1 amide bonds. The van der Waals surface area contributed by atoms with Crippen LogP contribution >= 0.6 is 0 Å². The van der Waals surface area contributed by atoms with Crippen LogP contribution in [-0.4, -0.2) is 50.9 Å². The Hall–Kier alpha value is -2.13. The van der Waals surface area contributed by atoms with Gasteiger partial charge < -0.3 is 14.8 Å². The zero-order chi connectivity index (χ0) is 21.0. The predicted molar refractivity (Wildman–Crippen MR) is 107 cm³/mol. The van der Waals surface area contributed by atoms with Crippen molar-refractivity contribution in [2.45, 2.75) is 44.4 Å². The molecule has 0 unspecified atom stereocenters. The molecule has 1 aliphatic heterocycles. The summed E-state index contributed by atoms with van der Waals surface area (Å²) in [5.41, 5.74) is 0.241. The fourth-order valence-electron chi connectivity index (χ4n) is 3.38. The molecule has 9 heteroatoms. The Bertz CT molecular complexity index is 864. The van der Waals surface area contributed by atoms with Gasteiger partial charge in [-0.1, -0.05) is 13.3 Å². The van der Waals surface area contributed by atoms with Crippen LogP contribution in [0.5, 0.6) is 5.75 Å². The number of carbonyl (C=O) groups is 2. The van der Waals surface area contributed by atoms with Crippen LogP contribution in [0.1, 0.15) is 39.5 Å². The van der Waals surface area contributed by atoms with Crippen molar-refractivity contribution in [2.24, 2.45) is 11.8 Å². The van der Waals surface area contributed by atoms with E-state index < -0.39 is 22.5 Å². The second-order valence-corrected chi connectivity index (χ2v) is 9.47. The zero-order valence-corrected chi connectivity index (χ0v) is 17.7. The Morgan fingerprint density at radius 3 is 2.52 bits per heavy atom. The van der Waals surface area contributed by atoms with Gasteiger partial charge in [-0.3, -0.25) is 9.59 Å². The van der Waals surface area contributed by atoms with Gasteiger partial charge in [0.1, 0.15) is 5.75 Å². The fraction of sp³-hybridized carbons (Fsp3) is 0.600. The van der Waals surface area contributed by atoms with Crippen molar-refractivity contribution in [1.82, 2.24) is 4.31 Å². The molecule has 29 heavy (non-hydrogen) atoms. The van der Waals surface area contributed by atoms with Crippen LogP contribution in [0.3, 0.4) is 0 Å². The first kappa shape index (κ1) is 21.6. The van der Waals surface area contributed by atoms with Crippen LogP contribution in [-0.2, 0) is 24.3 Å². The molecule has 2 aliphatic rings. The molecule has 2 atom stereocenters. The minimum atomic E-state index is -3.65. The van der Waals surface area contributed by atoms with Crippen molar-refractivity contribution in [2.75, 3.05) is 31.6 Å². The number of nitrogens with zero attached hydrogens (tertiary/aromatic N) is 1. The van der Waals surface area contributed by atoms with E-state index in [1.165, 1.54) is 22.5 Å². The number of amides is 1. The van der Waals surface area contributed by atoms with E-state index >= 15 is 0 Å². The lowest BCUT2D eigenvalue weighted by molar-refractivity contribution is -0.148. The number of hydrogen-bond acceptors (Lipinski definition) is 6. The van der Waals surface area contributed by atoms with Gasteiger partial charge in [0.2, 0.25) is 10.0 Å². The van der Waals surface area contributed by atoms with Crippen molar-refractivity contribution in [3.05, 3.63) is 18.2 Å². The Morgan fingerprint density at radius 2 is 1.90 bits per heavy atom. The van der Waals surface area contributed by atoms with Gasteiger partial charge in [-0.2, -0.15) is 4.31 Å². The minimum absolute atomic E-state index is 0.0990. The number of nitrogens with one attached hydrogen (secondary N) is 1. The summed E-state index contributed by atoms with van der Waals surface area (Å²) in [6, 6.07) is 4.42. The number of benzene rings is 1. The van der Waals surface area contributed by atoms with E-state index in [2.05, 4.69) is 5.32 Å². The van der Waals surface area contributed by atoms with E-state index in [1.54, 1.807) is 6.92 Å². The summed E-state index contributed by atoms with van der Waals surface area (Å²) in [5, 5.41) is 2.61. The summed E-state index contributed by atoms with van der Waals surface area (Å²) >= 11 is 0. The first-order valence-corrected chi connectivity index (χ1v) is 11.5. The third kappa shape index (κ3) is 5.27. The highest BCUT2D eigenvalue weighted by atomic mass is 32.2. The van der Waals surface area contributed by atoms with E-state index in [1.807, 2.05) is 6.92 Å². The molecule has 0 radical (unpaired) electrons. The van der Waals surface area contributed by atoms with Crippen LogP contribution in [0.15, 0.2) is 23.1 Å². The summed E-state index contributed by atoms with van der Waals surface area (Å²) in [5.74, 6) is -0.383. The molecule has 1 N–H and O–H groups in total. The average molecular weight is 425 g/mol. The van der Waals surface area contributed by atoms with Gasteiger partial charge in [-0.05, 0) is 50.3 Å². The van der Waals surface area contributed by atoms with E-state index in [4.69, 9.17) is 9.47 Å². The Balaban J connectivity index is 1.72. The number of piperidine rings is 1. The third-order valence-electron chi connectivity index (χ3n) is 5.24. The highest BCUT2D eigenvalue weighted by Gasteiger charge is 2.40. The van der Waals surface area contributed by atoms with Crippen LogP contribution < -0.4 is 10.1 Å². The topological polar surface area (TPSA) is 102 Å². The summed E-state index contributed by atoms with van der Waals surface area (Å²) in [6.45, 7) is 4.67.